The van der Waals surface area contributed by atoms with Gasteiger partial charge in [0, 0.05) is 17.1 Å². The van der Waals surface area contributed by atoms with E-state index >= 15 is 0 Å². The van der Waals surface area contributed by atoms with Crippen molar-refractivity contribution in [2.75, 3.05) is 10.8 Å². The van der Waals surface area contributed by atoms with E-state index in [2.05, 4.69) is 5.32 Å². The Morgan fingerprint density at radius 1 is 0.900 bits per heavy atom. The van der Waals surface area contributed by atoms with Crippen LogP contribution in [0.4, 0.5) is 5.69 Å². The Morgan fingerprint density at radius 2 is 1.52 bits per heavy atom. The summed E-state index contributed by atoms with van der Waals surface area (Å²) in [4.78, 5) is 28.8. The number of halogens is 3. The molecule has 0 aromatic heterocycles. The Balaban J connectivity index is 2.07. The first-order chi connectivity index (χ1) is 18.7. The van der Waals surface area contributed by atoms with Gasteiger partial charge in [-0.1, -0.05) is 66.0 Å². The van der Waals surface area contributed by atoms with Crippen LogP contribution >= 0.6 is 34.8 Å². The van der Waals surface area contributed by atoms with Crippen molar-refractivity contribution >= 4 is 62.3 Å². The van der Waals surface area contributed by atoms with Gasteiger partial charge >= 0.3 is 0 Å². The minimum atomic E-state index is -4.16. The van der Waals surface area contributed by atoms with Gasteiger partial charge in [-0.2, -0.15) is 0 Å². The Kier molecular flexibility index (Phi) is 10.5. The Labute approximate surface area is 251 Å². The number of anilines is 1. The Hall–Kier alpha value is -2.78. The molecule has 0 radical (unpaired) electrons. The van der Waals surface area contributed by atoms with Gasteiger partial charge in [-0.25, -0.2) is 8.42 Å². The van der Waals surface area contributed by atoms with Gasteiger partial charge in [-0.15, -0.1) is 0 Å². The molecule has 0 aliphatic carbocycles. The highest BCUT2D eigenvalue weighted by molar-refractivity contribution is 7.92. The maximum Gasteiger partial charge on any atom is 0.264 e. The van der Waals surface area contributed by atoms with E-state index in [-0.39, 0.29) is 23.0 Å². The molecule has 3 aromatic rings. The van der Waals surface area contributed by atoms with Gasteiger partial charge in [0.15, 0.2) is 0 Å². The molecule has 0 heterocycles. The van der Waals surface area contributed by atoms with E-state index in [0.717, 1.165) is 4.31 Å². The molecule has 214 valence electrons. The summed E-state index contributed by atoms with van der Waals surface area (Å²) in [7, 11) is -4.16. The van der Waals surface area contributed by atoms with Crippen LogP contribution in [0.1, 0.15) is 39.7 Å². The first-order valence-corrected chi connectivity index (χ1v) is 15.2. The van der Waals surface area contributed by atoms with Gasteiger partial charge in [-0.3, -0.25) is 13.9 Å². The number of rotatable bonds is 10. The second kappa shape index (κ2) is 13.3. The monoisotopic (exact) mass is 623 g/mol. The van der Waals surface area contributed by atoms with E-state index in [1.807, 2.05) is 20.8 Å². The topological polar surface area (TPSA) is 86.8 Å². The van der Waals surface area contributed by atoms with Crippen molar-refractivity contribution in [1.29, 1.82) is 0 Å². The fraction of sp³-hybridized carbons (Fsp3) is 0.310. The number of carbonyl (C=O) groups excluding carboxylic acids is 2. The molecule has 1 unspecified atom stereocenters. The average molecular weight is 625 g/mol. The third kappa shape index (κ3) is 8.13. The van der Waals surface area contributed by atoms with Crippen LogP contribution in [0.15, 0.2) is 77.7 Å². The minimum absolute atomic E-state index is 0.00559. The van der Waals surface area contributed by atoms with Crippen molar-refractivity contribution in [2.45, 2.75) is 57.1 Å². The largest absolute Gasteiger partial charge is 0.350 e. The molecule has 3 rings (SSSR count). The van der Waals surface area contributed by atoms with E-state index < -0.39 is 34.1 Å². The van der Waals surface area contributed by atoms with Crippen LogP contribution in [0.5, 0.6) is 0 Å². The molecular formula is C29H32Cl3N3O4S. The molecule has 2 amide bonds. The lowest BCUT2D eigenvalue weighted by Crippen LogP contribution is -2.55. The molecule has 1 N–H and O–H groups in total. The van der Waals surface area contributed by atoms with Gasteiger partial charge in [0.25, 0.3) is 10.0 Å². The molecule has 7 nitrogen and oxygen atoms in total. The van der Waals surface area contributed by atoms with Crippen LogP contribution in [0, 0.1) is 0 Å². The number of nitrogens with one attached hydrogen (secondary N) is 1. The van der Waals surface area contributed by atoms with E-state index in [1.54, 1.807) is 55.5 Å². The number of amides is 2. The predicted molar refractivity (Wildman–Crippen MR) is 161 cm³/mol. The quantitative estimate of drug-likeness (QED) is 0.277. The van der Waals surface area contributed by atoms with Gasteiger partial charge in [0.2, 0.25) is 11.8 Å². The first-order valence-electron chi connectivity index (χ1n) is 12.6. The highest BCUT2D eigenvalue weighted by atomic mass is 35.5. The van der Waals surface area contributed by atoms with E-state index in [9.17, 15) is 18.0 Å². The zero-order valence-electron chi connectivity index (χ0n) is 22.7. The predicted octanol–water partition coefficient (Wildman–Crippen LogP) is 6.56. The highest BCUT2D eigenvalue weighted by Crippen LogP contribution is 2.27. The third-order valence-electron chi connectivity index (χ3n) is 5.95. The van der Waals surface area contributed by atoms with Crippen LogP contribution in [0.3, 0.4) is 0 Å². The lowest BCUT2D eigenvalue weighted by Gasteiger charge is -2.34. The number of hydrogen-bond acceptors (Lipinski definition) is 4. The van der Waals surface area contributed by atoms with Crippen LogP contribution in [0.2, 0.25) is 15.1 Å². The molecule has 40 heavy (non-hydrogen) atoms. The molecular weight excluding hydrogens is 593 g/mol. The molecule has 0 saturated heterocycles. The SMILES string of the molecule is CCC(C(=O)NC(C)(C)C)N(Cc1ccc(Cl)c(Cl)c1)C(=O)CN(c1ccc(Cl)cc1)S(=O)(=O)c1ccccc1. The first kappa shape index (κ1) is 31.7. The summed E-state index contributed by atoms with van der Waals surface area (Å²) < 4.78 is 28.6. The standard InChI is InChI=1S/C29H32Cl3N3O4S/c1-5-26(28(37)33-29(2,3)4)34(18-20-11-16-24(31)25(32)17-20)27(36)19-35(22-14-12-21(30)13-15-22)40(38,39)23-9-7-6-8-10-23/h6-17,26H,5,18-19H2,1-4H3,(H,33,37). The lowest BCUT2D eigenvalue weighted by molar-refractivity contribution is -0.141. The maximum absolute atomic E-state index is 14.1. The van der Waals surface area contributed by atoms with Crippen molar-refractivity contribution in [2.24, 2.45) is 0 Å². The van der Waals surface area contributed by atoms with Crippen molar-refractivity contribution in [3.8, 4) is 0 Å². The molecule has 0 fully saturated rings. The van der Waals surface area contributed by atoms with Gasteiger partial charge in [0.1, 0.15) is 12.6 Å². The second-order valence-corrected chi connectivity index (χ2v) is 13.3. The number of carbonyl (C=O) groups is 2. The molecule has 11 heteroatoms. The van der Waals surface area contributed by atoms with E-state index in [1.165, 1.54) is 29.2 Å². The van der Waals surface area contributed by atoms with Crippen LogP contribution < -0.4 is 9.62 Å². The molecule has 0 spiro atoms. The third-order valence-corrected chi connectivity index (χ3v) is 8.72. The lowest BCUT2D eigenvalue weighted by atomic mass is 10.1. The number of sulfonamides is 1. The summed E-state index contributed by atoms with van der Waals surface area (Å²) in [6.07, 6.45) is 0.293. The van der Waals surface area contributed by atoms with Crippen molar-refractivity contribution in [3.05, 3.63) is 93.4 Å². The summed E-state index contributed by atoms with van der Waals surface area (Å²) in [5, 5.41) is 4.00. The fourth-order valence-corrected chi connectivity index (χ4v) is 5.94. The summed E-state index contributed by atoms with van der Waals surface area (Å²) in [6, 6.07) is 18.1. The molecule has 0 saturated carbocycles. The summed E-state index contributed by atoms with van der Waals surface area (Å²) in [5.74, 6) is -0.927. The van der Waals surface area contributed by atoms with Crippen molar-refractivity contribution in [3.63, 3.8) is 0 Å². The van der Waals surface area contributed by atoms with Crippen molar-refractivity contribution in [1.82, 2.24) is 10.2 Å². The van der Waals surface area contributed by atoms with Crippen molar-refractivity contribution < 1.29 is 18.0 Å². The van der Waals surface area contributed by atoms with Crippen LogP contribution in [-0.2, 0) is 26.2 Å². The Bertz CT molecular complexity index is 1440. The normalized spacial score (nSPS) is 12.5. The molecule has 0 aliphatic heterocycles. The average Bonchev–Trinajstić information content (AvgIpc) is 2.89. The van der Waals surface area contributed by atoms with Gasteiger partial charge in [0.05, 0.1) is 20.6 Å². The summed E-state index contributed by atoms with van der Waals surface area (Å²) in [6.45, 7) is 6.77. The van der Waals surface area contributed by atoms with Crippen LogP contribution in [0.25, 0.3) is 0 Å². The van der Waals surface area contributed by atoms with Crippen LogP contribution in [-0.4, -0.2) is 43.3 Å². The molecule has 3 aromatic carbocycles. The number of hydrogen-bond donors (Lipinski definition) is 1. The number of nitrogens with zero attached hydrogens (tertiary/aromatic N) is 2. The molecule has 0 aliphatic rings. The zero-order valence-corrected chi connectivity index (χ0v) is 25.8. The molecule has 0 bridgehead atoms. The van der Waals surface area contributed by atoms with Gasteiger partial charge in [-0.05, 0) is 81.3 Å². The minimum Gasteiger partial charge on any atom is -0.350 e. The second-order valence-electron chi connectivity index (χ2n) is 10.2. The number of benzene rings is 3. The summed E-state index contributed by atoms with van der Waals surface area (Å²) >= 11 is 18.4. The smallest absolute Gasteiger partial charge is 0.264 e. The highest BCUT2D eigenvalue weighted by Gasteiger charge is 2.34. The van der Waals surface area contributed by atoms with Gasteiger partial charge < -0.3 is 10.2 Å². The summed E-state index contributed by atoms with van der Waals surface area (Å²) in [5.41, 5.74) is 0.339. The fourth-order valence-electron chi connectivity index (χ4n) is 4.06. The maximum atomic E-state index is 14.1. The Morgan fingerprint density at radius 3 is 2.08 bits per heavy atom. The zero-order chi connectivity index (χ0) is 29.7. The molecule has 1 atom stereocenters. The van der Waals surface area contributed by atoms with E-state index in [0.29, 0.717) is 27.1 Å². The van der Waals surface area contributed by atoms with E-state index in [4.69, 9.17) is 34.8 Å².